The highest BCUT2D eigenvalue weighted by Gasteiger charge is 2.20. The van der Waals surface area contributed by atoms with Gasteiger partial charge in [-0.05, 0) is 32.0 Å². The molecule has 0 radical (unpaired) electrons. The minimum atomic E-state index is 0.0534. The summed E-state index contributed by atoms with van der Waals surface area (Å²) in [5, 5.41) is 3.54. The molecule has 128 valence electrons. The first-order chi connectivity index (χ1) is 11.0. The summed E-state index contributed by atoms with van der Waals surface area (Å²) in [5.74, 6) is 0.772. The molecule has 0 unspecified atom stereocenters. The first-order valence-electron chi connectivity index (χ1n) is 8.16. The lowest BCUT2D eigenvalue weighted by Gasteiger charge is -2.36. The van der Waals surface area contributed by atoms with Gasteiger partial charge in [0.05, 0.1) is 13.1 Å². The first kappa shape index (κ1) is 18.0. The molecule has 5 nitrogen and oxygen atoms in total. The summed E-state index contributed by atoms with van der Waals surface area (Å²) >= 11 is 5.89. The van der Waals surface area contributed by atoms with E-state index in [9.17, 15) is 4.79 Å². The van der Waals surface area contributed by atoms with Crippen molar-refractivity contribution in [3.63, 3.8) is 0 Å². The summed E-state index contributed by atoms with van der Waals surface area (Å²) in [6, 6.07) is 7.83. The number of amides is 1. The number of carbonyl (C=O) groups is 1. The Labute approximate surface area is 143 Å². The highest BCUT2D eigenvalue weighted by molar-refractivity contribution is 6.30. The molecule has 23 heavy (non-hydrogen) atoms. The van der Waals surface area contributed by atoms with E-state index in [0.717, 1.165) is 31.9 Å². The molecular weight excluding hydrogens is 314 g/mol. The van der Waals surface area contributed by atoms with E-state index in [0.29, 0.717) is 30.8 Å². The third-order valence-corrected chi connectivity index (χ3v) is 4.23. The lowest BCUT2D eigenvalue weighted by atomic mass is 10.2. The van der Waals surface area contributed by atoms with Crippen molar-refractivity contribution in [2.75, 3.05) is 45.9 Å². The molecule has 1 aliphatic rings. The molecule has 1 N–H and O–H groups in total. The fourth-order valence-electron chi connectivity index (χ4n) is 2.61. The Morgan fingerprint density at radius 1 is 1.30 bits per heavy atom. The number of ether oxygens (including phenoxy) is 1. The summed E-state index contributed by atoms with van der Waals surface area (Å²) < 4.78 is 5.55. The fraction of sp³-hybridized carbons (Fsp3) is 0.588. The SMILES string of the molecule is CC(C)N1CCN(CC(=O)NCCOc2cccc(Cl)c2)CC1. The Balaban J connectivity index is 1.59. The van der Waals surface area contributed by atoms with Crippen LogP contribution in [0.3, 0.4) is 0 Å². The maximum Gasteiger partial charge on any atom is 0.234 e. The van der Waals surface area contributed by atoms with Crippen molar-refractivity contribution >= 4 is 17.5 Å². The van der Waals surface area contributed by atoms with Gasteiger partial charge in [0.15, 0.2) is 0 Å². The van der Waals surface area contributed by atoms with Crippen LogP contribution in [0.25, 0.3) is 0 Å². The van der Waals surface area contributed by atoms with Gasteiger partial charge in [-0.25, -0.2) is 0 Å². The second-order valence-corrected chi connectivity index (χ2v) is 6.50. The average Bonchev–Trinajstić information content (AvgIpc) is 2.52. The van der Waals surface area contributed by atoms with E-state index < -0.39 is 0 Å². The van der Waals surface area contributed by atoms with Gasteiger partial charge in [0, 0.05) is 37.2 Å². The van der Waals surface area contributed by atoms with Crippen LogP contribution in [0.15, 0.2) is 24.3 Å². The topological polar surface area (TPSA) is 44.8 Å². The van der Waals surface area contributed by atoms with Crippen LogP contribution in [0, 0.1) is 0 Å². The van der Waals surface area contributed by atoms with Gasteiger partial charge in [-0.3, -0.25) is 14.6 Å². The molecular formula is C17H26ClN3O2. The van der Waals surface area contributed by atoms with Gasteiger partial charge in [-0.2, -0.15) is 0 Å². The molecule has 0 aromatic heterocycles. The Hall–Kier alpha value is -1.30. The lowest BCUT2D eigenvalue weighted by molar-refractivity contribution is -0.122. The number of nitrogens with zero attached hydrogens (tertiary/aromatic N) is 2. The highest BCUT2D eigenvalue weighted by Crippen LogP contribution is 2.16. The van der Waals surface area contributed by atoms with Gasteiger partial charge in [0.25, 0.3) is 0 Å². The van der Waals surface area contributed by atoms with Crippen LogP contribution >= 0.6 is 11.6 Å². The highest BCUT2D eigenvalue weighted by atomic mass is 35.5. The van der Waals surface area contributed by atoms with Crippen LogP contribution < -0.4 is 10.1 Å². The van der Waals surface area contributed by atoms with Gasteiger partial charge >= 0.3 is 0 Å². The minimum Gasteiger partial charge on any atom is -0.492 e. The van der Waals surface area contributed by atoms with E-state index in [-0.39, 0.29) is 5.91 Å². The average molecular weight is 340 g/mol. The predicted octanol–water partition coefficient (Wildman–Crippen LogP) is 1.86. The smallest absolute Gasteiger partial charge is 0.234 e. The van der Waals surface area contributed by atoms with E-state index in [1.54, 1.807) is 12.1 Å². The molecule has 1 aliphatic heterocycles. The molecule has 0 saturated carbocycles. The standard InChI is InChI=1S/C17H26ClN3O2/c1-14(2)21-9-7-20(8-10-21)13-17(22)19-6-11-23-16-5-3-4-15(18)12-16/h3-5,12,14H,6-11,13H2,1-2H3,(H,19,22). The van der Waals surface area contributed by atoms with E-state index in [4.69, 9.17) is 16.3 Å². The van der Waals surface area contributed by atoms with Crippen molar-refractivity contribution in [2.45, 2.75) is 19.9 Å². The number of carbonyl (C=O) groups excluding carboxylic acids is 1. The summed E-state index contributed by atoms with van der Waals surface area (Å²) in [6.45, 7) is 9.78. The van der Waals surface area contributed by atoms with Gasteiger partial charge in [0.1, 0.15) is 12.4 Å². The van der Waals surface area contributed by atoms with Crippen molar-refractivity contribution in [2.24, 2.45) is 0 Å². The van der Waals surface area contributed by atoms with Gasteiger partial charge in [-0.1, -0.05) is 17.7 Å². The number of hydrogen-bond donors (Lipinski definition) is 1. The predicted molar refractivity (Wildman–Crippen MR) is 93.1 cm³/mol. The molecule has 1 saturated heterocycles. The summed E-state index contributed by atoms with van der Waals surface area (Å²) in [5.41, 5.74) is 0. The monoisotopic (exact) mass is 339 g/mol. The molecule has 0 atom stereocenters. The quantitative estimate of drug-likeness (QED) is 0.770. The van der Waals surface area contributed by atoms with Gasteiger partial charge in [-0.15, -0.1) is 0 Å². The second-order valence-electron chi connectivity index (χ2n) is 6.06. The van der Waals surface area contributed by atoms with Crippen LogP contribution in [-0.2, 0) is 4.79 Å². The number of nitrogens with one attached hydrogen (secondary N) is 1. The van der Waals surface area contributed by atoms with Crippen LogP contribution in [0.5, 0.6) is 5.75 Å². The van der Waals surface area contributed by atoms with Crippen molar-refractivity contribution in [3.8, 4) is 5.75 Å². The number of piperazine rings is 1. The normalized spacial score (nSPS) is 16.5. The van der Waals surface area contributed by atoms with Crippen molar-refractivity contribution in [3.05, 3.63) is 29.3 Å². The minimum absolute atomic E-state index is 0.0534. The summed E-state index contributed by atoms with van der Waals surface area (Å²) in [4.78, 5) is 16.6. The molecule has 1 heterocycles. The molecule has 1 fully saturated rings. The lowest BCUT2D eigenvalue weighted by Crippen LogP contribution is -2.51. The first-order valence-corrected chi connectivity index (χ1v) is 8.54. The van der Waals surface area contributed by atoms with Crippen LogP contribution in [-0.4, -0.2) is 67.6 Å². The summed E-state index contributed by atoms with van der Waals surface area (Å²) in [7, 11) is 0. The Bertz CT molecular complexity index is 502. The number of halogens is 1. The largest absolute Gasteiger partial charge is 0.492 e. The summed E-state index contributed by atoms with van der Waals surface area (Å²) in [6.07, 6.45) is 0. The maximum absolute atomic E-state index is 11.9. The Morgan fingerprint density at radius 2 is 2.04 bits per heavy atom. The third-order valence-electron chi connectivity index (χ3n) is 3.99. The molecule has 0 bridgehead atoms. The molecule has 0 aliphatic carbocycles. The van der Waals surface area contributed by atoms with E-state index in [1.165, 1.54) is 0 Å². The van der Waals surface area contributed by atoms with E-state index in [1.807, 2.05) is 12.1 Å². The molecule has 2 rings (SSSR count). The molecule has 1 aromatic rings. The molecule has 6 heteroatoms. The van der Waals surface area contributed by atoms with E-state index in [2.05, 4.69) is 29.0 Å². The van der Waals surface area contributed by atoms with Crippen LogP contribution in [0.2, 0.25) is 5.02 Å². The number of hydrogen-bond acceptors (Lipinski definition) is 4. The van der Waals surface area contributed by atoms with Crippen LogP contribution in [0.4, 0.5) is 0 Å². The Kier molecular flexibility index (Phi) is 7.15. The molecule has 0 spiro atoms. The second kappa shape index (κ2) is 9.11. The molecule has 1 amide bonds. The van der Waals surface area contributed by atoms with Crippen molar-refractivity contribution in [1.82, 2.24) is 15.1 Å². The van der Waals surface area contributed by atoms with Crippen LogP contribution in [0.1, 0.15) is 13.8 Å². The zero-order chi connectivity index (χ0) is 16.7. The van der Waals surface area contributed by atoms with Crippen molar-refractivity contribution in [1.29, 1.82) is 0 Å². The van der Waals surface area contributed by atoms with Gasteiger partial charge < -0.3 is 10.1 Å². The zero-order valence-electron chi connectivity index (χ0n) is 13.9. The fourth-order valence-corrected chi connectivity index (χ4v) is 2.79. The maximum atomic E-state index is 11.9. The molecule has 1 aromatic carbocycles. The number of rotatable bonds is 7. The third kappa shape index (κ3) is 6.37. The van der Waals surface area contributed by atoms with E-state index >= 15 is 0 Å². The van der Waals surface area contributed by atoms with Crippen molar-refractivity contribution < 1.29 is 9.53 Å². The zero-order valence-corrected chi connectivity index (χ0v) is 14.7. The number of benzene rings is 1. The van der Waals surface area contributed by atoms with Gasteiger partial charge in [0.2, 0.25) is 5.91 Å². The Morgan fingerprint density at radius 3 is 2.70 bits per heavy atom.